The third-order valence-corrected chi connectivity index (χ3v) is 0.677. The van der Waals surface area contributed by atoms with E-state index in [1.807, 2.05) is 13.3 Å². The summed E-state index contributed by atoms with van der Waals surface area (Å²) in [7, 11) is 1.95. The summed E-state index contributed by atoms with van der Waals surface area (Å²) in [5.74, 6) is 0. The molecule has 2 nitrogen and oxygen atoms in total. The third-order valence-electron chi connectivity index (χ3n) is 0.677. The maximum absolute atomic E-state index is 5.96. The van der Waals surface area contributed by atoms with E-state index in [9.17, 15) is 0 Å². The van der Waals surface area contributed by atoms with Gasteiger partial charge in [0, 0.05) is 0 Å². The van der Waals surface area contributed by atoms with Crippen LogP contribution in [0.4, 0.5) is 0 Å². The van der Waals surface area contributed by atoms with Crippen LogP contribution in [0.5, 0.6) is 0 Å². The maximum atomic E-state index is 5.96. The Bertz CT molecular complexity index is 44.9. The predicted octanol–water partition coefficient (Wildman–Crippen LogP) is 1.35. The molecular weight excluding hydrogens is 350 g/mol. The van der Waals surface area contributed by atoms with Crippen LogP contribution in [-0.2, 0) is 0 Å². The molecule has 0 aliphatic carbocycles. The molecule has 0 atom stereocenters. The predicted molar refractivity (Wildman–Crippen MR) is 41.9 cm³/mol. The molecule has 0 aromatic heterocycles. The number of hydrogen-bond acceptors (Lipinski definition) is 2. The van der Waals surface area contributed by atoms with E-state index in [0.717, 1.165) is 13.0 Å². The molecule has 0 rings (SSSR count). The van der Waals surface area contributed by atoms with Gasteiger partial charge in [-0.05, 0) is 13.6 Å². The molecule has 10 heavy (non-hydrogen) atoms. The van der Waals surface area contributed by atoms with Crippen LogP contribution in [0.25, 0.3) is 0 Å². The van der Waals surface area contributed by atoms with E-state index in [-0.39, 0.29) is 31.1 Å². The SMILES string of the molecule is C[C-]=N.[CH2-]CCCNC.[U+2]. The second kappa shape index (κ2) is 22.6. The van der Waals surface area contributed by atoms with E-state index in [1.54, 1.807) is 6.92 Å². The van der Waals surface area contributed by atoms with Gasteiger partial charge in [-0.15, -0.1) is 0 Å². The smallest absolute Gasteiger partial charge is 0.519 e. The van der Waals surface area contributed by atoms with E-state index in [1.165, 1.54) is 6.42 Å². The summed E-state index contributed by atoms with van der Waals surface area (Å²) in [5, 5.41) is 8.99. The van der Waals surface area contributed by atoms with E-state index in [0.29, 0.717) is 0 Å². The molecule has 0 aliphatic rings. The molecule has 0 bridgehead atoms. The van der Waals surface area contributed by atoms with Crippen LogP contribution < -0.4 is 5.32 Å². The van der Waals surface area contributed by atoms with Crippen molar-refractivity contribution in [2.75, 3.05) is 13.6 Å². The molecule has 0 spiro atoms. The average molecular weight is 366 g/mol. The van der Waals surface area contributed by atoms with Gasteiger partial charge in [-0.1, -0.05) is 6.42 Å². The topological polar surface area (TPSA) is 35.9 Å². The zero-order valence-electron chi connectivity index (χ0n) is 6.83. The van der Waals surface area contributed by atoms with Crippen molar-refractivity contribution in [2.24, 2.45) is 0 Å². The van der Waals surface area contributed by atoms with Gasteiger partial charge >= 0.3 is 31.1 Å². The van der Waals surface area contributed by atoms with Crippen LogP contribution in [0.15, 0.2) is 0 Å². The molecule has 2 N–H and O–H groups in total. The first-order chi connectivity index (χ1) is 4.33. The largest absolute Gasteiger partial charge is 2.00 e. The quantitative estimate of drug-likeness (QED) is 0.442. The molecule has 0 aliphatic heterocycles. The van der Waals surface area contributed by atoms with Gasteiger partial charge in [0.25, 0.3) is 0 Å². The zero-order chi connectivity index (χ0) is 7.54. The normalized spacial score (nSPS) is 6.70. The molecule has 0 amide bonds. The Morgan fingerprint density at radius 2 is 2.00 bits per heavy atom. The summed E-state index contributed by atoms with van der Waals surface area (Å²) in [6, 6.07) is 0. The van der Waals surface area contributed by atoms with Crippen LogP contribution >= 0.6 is 0 Å². The first kappa shape index (κ1) is 17.0. The summed E-state index contributed by atoms with van der Waals surface area (Å²) in [5.41, 5.74) is 0. The Kier molecular flexibility index (Phi) is 38.4. The minimum Gasteiger partial charge on any atom is -0.519 e. The van der Waals surface area contributed by atoms with Gasteiger partial charge in [0.2, 0.25) is 0 Å². The zero-order valence-corrected chi connectivity index (χ0v) is 11.0. The monoisotopic (exact) mass is 366 g/mol. The van der Waals surface area contributed by atoms with Crippen LogP contribution in [0.1, 0.15) is 19.8 Å². The molecule has 0 heterocycles. The van der Waals surface area contributed by atoms with Crippen molar-refractivity contribution in [2.45, 2.75) is 19.8 Å². The first-order valence-electron chi connectivity index (χ1n) is 3.10. The van der Waals surface area contributed by atoms with Crippen molar-refractivity contribution in [1.29, 1.82) is 5.41 Å². The van der Waals surface area contributed by atoms with Gasteiger partial charge in [0.05, 0.1) is 0 Å². The molecule has 3 heteroatoms. The van der Waals surface area contributed by atoms with E-state index >= 15 is 0 Å². The Hall–Kier alpha value is 0.682. The van der Waals surface area contributed by atoms with Crippen LogP contribution in [0.3, 0.4) is 0 Å². The second-order valence-corrected chi connectivity index (χ2v) is 1.56. The maximum Gasteiger partial charge on any atom is 2.00 e. The van der Waals surface area contributed by atoms with Crippen molar-refractivity contribution < 1.29 is 31.1 Å². The Morgan fingerprint density at radius 1 is 1.60 bits per heavy atom. The number of nitrogens with one attached hydrogen (secondary N) is 2. The summed E-state index contributed by atoms with van der Waals surface area (Å²) in [4.78, 5) is 0. The van der Waals surface area contributed by atoms with Crippen molar-refractivity contribution in [1.82, 2.24) is 5.32 Å². The molecule has 0 unspecified atom stereocenters. The van der Waals surface area contributed by atoms with Crippen molar-refractivity contribution in [3.05, 3.63) is 6.92 Å². The standard InChI is InChI=1S/C5H12N.C2H4N.U/c1-3-4-5-6-2;1-2-3;/h6H,1,3-5H2,2H3;3H,1H3;/q2*-1;+2. The molecule has 0 aromatic rings. The fraction of sp³-hybridized carbons (Fsp3) is 0.714. The summed E-state index contributed by atoms with van der Waals surface area (Å²) in [6.07, 6.45) is 4.23. The van der Waals surface area contributed by atoms with Gasteiger partial charge in [0.15, 0.2) is 0 Å². The van der Waals surface area contributed by atoms with Gasteiger partial charge in [-0.3, -0.25) is 0 Å². The Labute approximate surface area is 88.1 Å². The van der Waals surface area contributed by atoms with Crippen LogP contribution in [0.2, 0.25) is 0 Å². The Morgan fingerprint density at radius 3 is 2.10 bits per heavy atom. The fourth-order valence-corrected chi connectivity index (χ4v) is 0.302. The minimum atomic E-state index is 0. The second-order valence-electron chi connectivity index (χ2n) is 1.56. The van der Waals surface area contributed by atoms with Gasteiger partial charge in [0.1, 0.15) is 0 Å². The number of unbranched alkanes of at least 4 members (excludes halogenated alkanes) is 1. The summed E-state index contributed by atoms with van der Waals surface area (Å²) < 4.78 is 0. The first-order valence-corrected chi connectivity index (χ1v) is 3.10. The third kappa shape index (κ3) is 37.8. The average Bonchev–Trinajstić information content (AvgIpc) is 1.86. The Balaban J connectivity index is -0.000000107. The molecule has 0 saturated heterocycles. The van der Waals surface area contributed by atoms with Gasteiger partial charge < -0.3 is 23.9 Å². The number of hydrogen-bond donors (Lipinski definition) is 2. The van der Waals surface area contributed by atoms with E-state index < -0.39 is 0 Å². The minimum absolute atomic E-state index is 0. The van der Waals surface area contributed by atoms with Crippen molar-refractivity contribution in [3.63, 3.8) is 0 Å². The van der Waals surface area contributed by atoms with Crippen LogP contribution in [-0.4, -0.2) is 19.8 Å². The van der Waals surface area contributed by atoms with E-state index in [2.05, 4.69) is 12.2 Å². The van der Waals surface area contributed by atoms with Gasteiger partial charge in [-0.2, -0.15) is 13.3 Å². The summed E-state index contributed by atoms with van der Waals surface area (Å²) in [6.45, 7) is 6.33. The van der Waals surface area contributed by atoms with Gasteiger partial charge in [-0.25, -0.2) is 0 Å². The molecular formula is C7H16N2U. The fourth-order valence-electron chi connectivity index (χ4n) is 0.302. The molecule has 0 radical (unpaired) electrons. The van der Waals surface area contributed by atoms with E-state index in [4.69, 9.17) is 5.41 Å². The van der Waals surface area contributed by atoms with Crippen molar-refractivity contribution >= 4 is 6.21 Å². The molecule has 58 valence electrons. The number of rotatable bonds is 3. The molecule has 0 aromatic carbocycles. The summed E-state index contributed by atoms with van der Waals surface area (Å²) >= 11 is 0. The van der Waals surface area contributed by atoms with Crippen molar-refractivity contribution in [3.8, 4) is 0 Å². The molecule has 0 fully saturated rings. The molecule has 0 saturated carbocycles. The van der Waals surface area contributed by atoms with Crippen LogP contribution in [0, 0.1) is 43.4 Å².